The summed E-state index contributed by atoms with van der Waals surface area (Å²) in [5, 5.41) is 0. The first kappa shape index (κ1) is 42.2. The van der Waals surface area contributed by atoms with Crippen molar-refractivity contribution in [3.63, 3.8) is 0 Å². The van der Waals surface area contributed by atoms with Gasteiger partial charge in [-0.2, -0.15) is 0 Å². The predicted molar refractivity (Wildman–Crippen MR) is 157 cm³/mol. The summed E-state index contributed by atoms with van der Waals surface area (Å²) in [4.78, 5) is 82.9. The molecule has 0 aromatic heterocycles. The van der Waals surface area contributed by atoms with Crippen LogP contribution in [-0.2, 0) is 95.1 Å². The molecule has 0 aromatic rings. The van der Waals surface area contributed by atoms with Crippen LogP contribution >= 0.6 is 0 Å². The van der Waals surface area contributed by atoms with Gasteiger partial charge in [-0.15, -0.1) is 0 Å². The number of hydrogen-bond donors (Lipinski definition) is 0. The Labute approximate surface area is 287 Å². The summed E-state index contributed by atoms with van der Waals surface area (Å²) in [7, 11) is 1.27. The molecule has 2 aliphatic heterocycles. The standard InChI is InChI=1S/C30H44O20/c1-14(31)42-12-22-24(44-16(3)33)26(46-18(5)35)28(48-20(7)37)30(50-22)41-10-9-39-13-40-11-21-23(43-15(2)32)25(45-17(4)34)27(47-19(6)36)29(38-8)49-21/h21-30H,9-13H2,1-8H3/t21-,22-,23-,24-,25+,26+,27+,28+,29+,30+/m1/s1. The summed E-state index contributed by atoms with van der Waals surface area (Å²) in [5.74, 6) is -5.26. The fourth-order valence-corrected chi connectivity index (χ4v) is 5.01. The van der Waals surface area contributed by atoms with E-state index in [1.807, 2.05) is 0 Å². The molecule has 2 fully saturated rings. The van der Waals surface area contributed by atoms with Gasteiger partial charge in [0.15, 0.2) is 49.2 Å². The Balaban J connectivity index is 2.08. The molecule has 0 unspecified atom stereocenters. The van der Waals surface area contributed by atoms with Crippen LogP contribution in [0.15, 0.2) is 0 Å². The minimum absolute atomic E-state index is 0.142. The lowest BCUT2D eigenvalue weighted by molar-refractivity contribution is -0.311. The molecule has 0 spiro atoms. The van der Waals surface area contributed by atoms with Crippen molar-refractivity contribution in [1.29, 1.82) is 0 Å². The second kappa shape index (κ2) is 20.7. The minimum Gasteiger partial charge on any atom is -0.463 e. The Morgan fingerprint density at radius 1 is 0.460 bits per heavy atom. The largest absolute Gasteiger partial charge is 0.463 e. The first-order valence-corrected chi connectivity index (χ1v) is 15.3. The zero-order valence-electron chi connectivity index (χ0n) is 29.0. The van der Waals surface area contributed by atoms with Crippen molar-refractivity contribution >= 4 is 41.8 Å². The van der Waals surface area contributed by atoms with Crippen LogP contribution in [0.3, 0.4) is 0 Å². The summed E-state index contributed by atoms with van der Waals surface area (Å²) in [5.41, 5.74) is 0. The lowest BCUT2D eigenvalue weighted by atomic mass is 9.98. The lowest BCUT2D eigenvalue weighted by Gasteiger charge is -2.44. The van der Waals surface area contributed by atoms with Gasteiger partial charge in [-0.1, -0.05) is 0 Å². The van der Waals surface area contributed by atoms with Crippen LogP contribution in [-0.4, -0.2) is 144 Å². The Kier molecular flexibility index (Phi) is 17.4. The van der Waals surface area contributed by atoms with E-state index >= 15 is 0 Å². The molecule has 0 aliphatic carbocycles. The molecule has 0 N–H and O–H groups in total. The fraction of sp³-hybridized carbons (Fsp3) is 0.767. The van der Waals surface area contributed by atoms with Crippen molar-refractivity contribution in [3.8, 4) is 0 Å². The maximum absolute atomic E-state index is 12.0. The van der Waals surface area contributed by atoms with Crippen molar-refractivity contribution in [2.24, 2.45) is 0 Å². The molecule has 0 aromatic carbocycles. The molecule has 10 atom stereocenters. The molecule has 0 bridgehead atoms. The molecule has 0 amide bonds. The Bertz CT molecular complexity index is 1190. The maximum Gasteiger partial charge on any atom is 0.303 e. The highest BCUT2D eigenvalue weighted by Crippen LogP contribution is 2.31. The number of methoxy groups -OCH3 is 1. The highest BCUT2D eigenvalue weighted by atomic mass is 16.8. The van der Waals surface area contributed by atoms with Gasteiger partial charge in [-0.05, 0) is 0 Å². The molecular weight excluding hydrogens is 680 g/mol. The van der Waals surface area contributed by atoms with Crippen LogP contribution < -0.4 is 0 Å². The zero-order chi connectivity index (χ0) is 37.5. The molecule has 0 radical (unpaired) electrons. The van der Waals surface area contributed by atoms with Gasteiger partial charge in [-0.25, -0.2) is 0 Å². The molecule has 50 heavy (non-hydrogen) atoms. The molecule has 284 valence electrons. The molecular formula is C30H44O20. The van der Waals surface area contributed by atoms with E-state index in [9.17, 15) is 33.6 Å². The number of carbonyl (C=O) groups is 7. The molecule has 20 nitrogen and oxygen atoms in total. The number of carbonyl (C=O) groups excluding carboxylic acids is 7. The van der Waals surface area contributed by atoms with Gasteiger partial charge < -0.3 is 61.6 Å². The van der Waals surface area contributed by atoms with Crippen LogP contribution in [0.1, 0.15) is 48.5 Å². The second-order valence-corrected chi connectivity index (χ2v) is 10.8. The summed E-state index contributed by atoms with van der Waals surface area (Å²) in [6.45, 7) is 6.39. The van der Waals surface area contributed by atoms with E-state index in [4.69, 9.17) is 61.6 Å². The van der Waals surface area contributed by atoms with Gasteiger partial charge in [0.25, 0.3) is 0 Å². The normalized spacial score (nSPS) is 29.1. The number of esters is 7. The summed E-state index contributed by atoms with van der Waals surface area (Å²) < 4.78 is 70.7. The van der Waals surface area contributed by atoms with E-state index in [1.165, 1.54) is 7.11 Å². The Hall–Kier alpha value is -3.95. The second-order valence-electron chi connectivity index (χ2n) is 10.8. The first-order chi connectivity index (χ1) is 23.5. The van der Waals surface area contributed by atoms with Gasteiger partial charge in [0.05, 0.1) is 19.8 Å². The van der Waals surface area contributed by atoms with E-state index < -0.39 is 110 Å². The van der Waals surface area contributed by atoms with Crippen molar-refractivity contribution < 1.29 is 95.1 Å². The average Bonchev–Trinajstić information content (AvgIpc) is 2.99. The SMILES string of the molecule is CO[C@H]1O[C@H](COCOCCO[C@H]2O[C@H](COC(C)=O)[C@@H](OC(C)=O)[C@H](OC(C)=O)[C@@H]2OC(C)=O)[C@@H](OC(C)=O)[C@H](OC(C)=O)[C@@H]1OC(C)=O. The van der Waals surface area contributed by atoms with Crippen molar-refractivity contribution in [3.05, 3.63) is 0 Å². The van der Waals surface area contributed by atoms with Gasteiger partial charge >= 0.3 is 41.8 Å². The molecule has 2 heterocycles. The van der Waals surface area contributed by atoms with Gasteiger partial charge in [0, 0.05) is 55.6 Å². The number of hydrogen-bond acceptors (Lipinski definition) is 20. The Morgan fingerprint density at radius 2 is 0.860 bits per heavy atom. The van der Waals surface area contributed by atoms with Crippen LogP contribution in [0.2, 0.25) is 0 Å². The van der Waals surface area contributed by atoms with Crippen LogP contribution in [0, 0.1) is 0 Å². The van der Waals surface area contributed by atoms with Crippen LogP contribution in [0.5, 0.6) is 0 Å². The zero-order valence-corrected chi connectivity index (χ0v) is 29.0. The molecule has 2 aliphatic rings. The van der Waals surface area contributed by atoms with E-state index in [-0.39, 0.29) is 26.6 Å². The fourth-order valence-electron chi connectivity index (χ4n) is 5.01. The highest BCUT2D eigenvalue weighted by molar-refractivity contribution is 5.69. The summed E-state index contributed by atoms with van der Waals surface area (Å²) in [6.07, 6.45) is -12.9. The monoisotopic (exact) mass is 724 g/mol. The van der Waals surface area contributed by atoms with Gasteiger partial charge in [0.1, 0.15) is 25.6 Å². The number of ether oxygens (including phenoxy) is 13. The predicted octanol–water partition coefficient (Wildman–Crippen LogP) is -0.757. The third kappa shape index (κ3) is 13.8. The Morgan fingerprint density at radius 3 is 1.30 bits per heavy atom. The summed E-state index contributed by atoms with van der Waals surface area (Å²) in [6, 6.07) is 0. The topological polar surface area (TPSA) is 239 Å². The van der Waals surface area contributed by atoms with Crippen molar-refractivity contribution in [2.45, 2.75) is 110 Å². The minimum atomic E-state index is -1.41. The smallest absolute Gasteiger partial charge is 0.303 e. The van der Waals surface area contributed by atoms with E-state index in [2.05, 4.69) is 0 Å². The number of rotatable bonds is 17. The van der Waals surface area contributed by atoms with Gasteiger partial charge in [0.2, 0.25) is 0 Å². The molecule has 2 saturated heterocycles. The molecule has 0 saturated carbocycles. The summed E-state index contributed by atoms with van der Waals surface area (Å²) >= 11 is 0. The quantitative estimate of drug-likeness (QED) is 0.0775. The molecule has 2 rings (SSSR count). The lowest BCUT2D eigenvalue weighted by Crippen LogP contribution is -2.63. The third-order valence-corrected chi connectivity index (χ3v) is 6.64. The van der Waals surface area contributed by atoms with Crippen molar-refractivity contribution in [2.75, 3.05) is 40.3 Å². The van der Waals surface area contributed by atoms with Gasteiger partial charge in [-0.3, -0.25) is 33.6 Å². The highest BCUT2D eigenvalue weighted by Gasteiger charge is 2.54. The van der Waals surface area contributed by atoms with E-state index in [0.29, 0.717) is 0 Å². The van der Waals surface area contributed by atoms with E-state index in [0.717, 1.165) is 48.5 Å². The van der Waals surface area contributed by atoms with E-state index in [1.54, 1.807) is 0 Å². The first-order valence-electron chi connectivity index (χ1n) is 15.3. The van der Waals surface area contributed by atoms with Crippen LogP contribution in [0.4, 0.5) is 0 Å². The maximum atomic E-state index is 12.0. The van der Waals surface area contributed by atoms with Crippen molar-refractivity contribution in [1.82, 2.24) is 0 Å². The van der Waals surface area contributed by atoms with Crippen LogP contribution in [0.25, 0.3) is 0 Å². The average molecular weight is 725 g/mol. The third-order valence-electron chi connectivity index (χ3n) is 6.64. The molecule has 20 heteroatoms.